The molecule has 1 aromatic rings. The van der Waals surface area contributed by atoms with Gasteiger partial charge in [-0.3, -0.25) is 9.59 Å². The summed E-state index contributed by atoms with van der Waals surface area (Å²) in [5, 5.41) is 5.21. The zero-order chi connectivity index (χ0) is 15.1. The Kier molecular flexibility index (Phi) is 6.44. The van der Waals surface area contributed by atoms with E-state index >= 15 is 0 Å². The van der Waals surface area contributed by atoms with Gasteiger partial charge in [-0.1, -0.05) is 15.9 Å². The fraction of sp³-hybridized carbons (Fsp3) is 0.385. The molecule has 0 aliphatic carbocycles. The number of likely N-dealkylation sites (N-methyl/N-ethyl adjacent to an activating group) is 1. The van der Waals surface area contributed by atoms with Crippen LogP contribution in [0.1, 0.15) is 6.92 Å². The van der Waals surface area contributed by atoms with E-state index in [-0.39, 0.29) is 18.4 Å². The van der Waals surface area contributed by atoms with Crippen molar-refractivity contribution >= 4 is 33.4 Å². The van der Waals surface area contributed by atoms with Crippen LogP contribution in [0.4, 0.5) is 10.1 Å². The minimum absolute atomic E-state index is 0.0403. The first-order chi connectivity index (χ1) is 9.40. The van der Waals surface area contributed by atoms with E-state index in [2.05, 4.69) is 26.6 Å². The van der Waals surface area contributed by atoms with Gasteiger partial charge in [-0.05, 0) is 18.2 Å². The third-order valence-corrected chi connectivity index (χ3v) is 3.02. The van der Waals surface area contributed by atoms with Crippen LogP contribution in [0.15, 0.2) is 22.7 Å². The maximum atomic E-state index is 13.7. The van der Waals surface area contributed by atoms with Crippen molar-refractivity contribution in [3.8, 4) is 0 Å². The summed E-state index contributed by atoms with van der Waals surface area (Å²) in [7, 11) is 1.64. The van der Waals surface area contributed by atoms with Crippen LogP contribution in [0.3, 0.4) is 0 Å². The molecule has 0 saturated carbocycles. The Bertz CT molecular complexity index is 497. The zero-order valence-corrected chi connectivity index (χ0v) is 13.0. The average molecular weight is 346 g/mol. The molecule has 2 amide bonds. The van der Waals surface area contributed by atoms with Gasteiger partial charge < -0.3 is 15.5 Å². The first-order valence-corrected chi connectivity index (χ1v) is 6.86. The van der Waals surface area contributed by atoms with E-state index in [0.717, 1.165) is 0 Å². The van der Waals surface area contributed by atoms with E-state index in [9.17, 15) is 14.0 Å². The number of carbonyl (C=O) groups excluding carboxylic acids is 2. The lowest BCUT2D eigenvalue weighted by molar-refractivity contribution is -0.121. The average Bonchev–Trinajstić information content (AvgIpc) is 2.34. The van der Waals surface area contributed by atoms with Crippen molar-refractivity contribution in [1.29, 1.82) is 0 Å². The maximum Gasteiger partial charge on any atom is 0.239 e. The van der Waals surface area contributed by atoms with E-state index in [1.807, 2.05) is 0 Å². The predicted octanol–water partition coefficient (Wildman–Crippen LogP) is 1.28. The van der Waals surface area contributed by atoms with E-state index in [1.54, 1.807) is 19.2 Å². The number of benzene rings is 1. The summed E-state index contributed by atoms with van der Waals surface area (Å²) in [6, 6.07) is 4.66. The van der Waals surface area contributed by atoms with E-state index in [0.29, 0.717) is 23.2 Å². The maximum absolute atomic E-state index is 13.7. The van der Waals surface area contributed by atoms with Gasteiger partial charge >= 0.3 is 0 Å². The number of hydrogen-bond donors (Lipinski definition) is 2. The van der Waals surface area contributed by atoms with Gasteiger partial charge in [0.15, 0.2) is 0 Å². The normalized spacial score (nSPS) is 10.0. The second-order valence-corrected chi connectivity index (χ2v) is 5.20. The van der Waals surface area contributed by atoms with Crippen LogP contribution in [0.5, 0.6) is 0 Å². The Labute approximate surface area is 125 Å². The lowest BCUT2D eigenvalue weighted by Crippen LogP contribution is -2.39. The number of rotatable bonds is 6. The zero-order valence-electron chi connectivity index (χ0n) is 11.4. The van der Waals surface area contributed by atoms with Crippen LogP contribution >= 0.6 is 15.9 Å². The van der Waals surface area contributed by atoms with Crippen LogP contribution in [-0.2, 0) is 9.59 Å². The first-order valence-electron chi connectivity index (χ1n) is 6.07. The second-order valence-electron chi connectivity index (χ2n) is 4.28. The fourth-order valence-electron chi connectivity index (χ4n) is 1.59. The van der Waals surface area contributed by atoms with Gasteiger partial charge in [0.05, 0.1) is 12.2 Å². The molecule has 0 unspecified atom stereocenters. The van der Waals surface area contributed by atoms with Gasteiger partial charge in [0.2, 0.25) is 11.8 Å². The van der Waals surface area contributed by atoms with E-state index in [4.69, 9.17) is 0 Å². The Morgan fingerprint density at radius 1 is 1.30 bits per heavy atom. The molecule has 110 valence electrons. The molecule has 0 radical (unpaired) electrons. The van der Waals surface area contributed by atoms with Crippen molar-refractivity contribution < 1.29 is 14.0 Å². The van der Waals surface area contributed by atoms with Gasteiger partial charge in [-0.25, -0.2) is 4.39 Å². The number of amides is 2. The van der Waals surface area contributed by atoms with Crippen LogP contribution in [-0.4, -0.2) is 38.5 Å². The molecule has 0 saturated heterocycles. The molecule has 2 N–H and O–H groups in total. The molecule has 0 spiro atoms. The molecule has 0 fully saturated rings. The number of nitrogens with zero attached hydrogens (tertiary/aromatic N) is 1. The quantitative estimate of drug-likeness (QED) is 0.763. The monoisotopic (exact) mass is 345 g/mol. The third-order valence-electron chi connectivity index (χ3n) is 2.52. The first kappa shape index (κ1) is 16.4. The summed E-state index contributed by atoms with van der Waals surface area (Å²) < 4.78 is 14.3. The Hall–Kier alpha value is -1.63. The van der Waals surface area contributed by atoms with Gasteiger partial charge in [0.25, 0.3) is 0 Å². The van der Waals surface area contributed by atoms with Crippen LogP contribution in [0, 0.1) is 5.82 Å². The summed E-state index contributed by atoms with van der Waals surface area (Å²) in [6.45, 7) is 2.16. The molecule has 0 aliphatic heterocycles. The lowest BCUT2D eigenvalue weighted by Gasteiger charge is -2.19. The topological polar surface area (TPSA) is 61.4 Å². The van der Waals surface area contributed by atoms with Crippen molar-refractivity contribution in [2.24, 2.45) is 0 Å². The number of hydrogen-bond acceptors (Lipinski definition) is 3. The number of anilines is 1. The molecular weight excluding hydrogens is 329 g/mol. The highest BCUT2D eigenvalue weighted by atomic mass is 79.9. The van der Waals surface area contributed by atoms with Gasteiger partial charge in [-0.2, -0.15) is 0 Å². The lowest BCUT2D eigenvalue weighted by atomic mass is 10.3. The number of carbonyl (C=O) groups is 2. The van der Waals surface area contributed by atoms with Gasteiger partial charge in [0, 0.05) is 31.5 Å². The molecule has 20 heavy (non-hydrogen) atoms. The van der Waals surface area contributed by atoms with Gasteiger partial charge in [-0.15, -0.1) is 0 Å². The molecule has 5 nitrogen and oxygen atoms in total. The van der Waals surface area contributed by atoms with Crippen LogP contribution < -0.4 is 15.5 Å². The molecule has 1 aromatic carbocycles. The van der Waals surface area contributed by atoms with Crippen molar-refractivity contribution in [3.63, 3.8) is 0 Å². The highest BCUT2D eigenvalue weighted by Crippen LogP contribution is 2.21. The Morgan fingerprint density at radius 3 is 2.55 bits per heavy atom. The molecule has 0 heterocycles. The van der Waals surface area contributed by atoms with E-state index in [1.165, 1.54) is 17.9 Å². The van der Waals surface area contributed by atoms with Gasteiger partial charge in [0.1, 0.15) is 5.82 Å². The Balaban J connectivity index is 2.43. The molecule has 7 heteroatoms. The van der Waals surface area contributed by atoms with Crippen LogP contribution in [0.25, 0.3) is 0 Å². The molecule has 1 rings (SSSR count). The minimum atomic E-state index is -0.395. The fourth-order valence-corrected chi connectivity index (χ4v) is 1.92. The number of nitrogens with one attached hydrogen (secondary N) is 2. The standard InChI is InChI=1S/C13H17BrFN3O2/c1-9(19)16-5-6-17-13(20)8-18(2)12-4-3-10(14)7-11(12)15/h3-4,7H,5-6,8H2,1-2H3,(H,16,19)(H,17,20). The largest absolute Gasteiger partial charge is 0.363 e. The van der Waals surface area contributed by atoms with Crippen molar-refractivity contribution in [1.82, 2.24) is 10.6 Å². The minimum Gasteiger partial charge on any atom is -0.363 e. The SMILES string of the molecule is CC(=O)NCCNC(=O)CN(C)c1ccc(Br)cc1F. The van der Waals surface area contributed by atoms with Crippen LogP contribution in [0.2, 0.25) is 0 Å². The molecule has 0 atom stereocenters. The van der Waals surface area contributed by atoms with Crippen molar-refractivity contribution in [2.75, 3.05) is 31.6 Å². The predicted molar refractivity (Wildman–Crippen MR) is 79.1 cm³/mol. The summed E-state index contributed by atoms with van der Waals surface area (Å²) in [6.07, 6.45) is 0. The molecule has 0 aromatic heterocycles. The summed E-state index contributed by atoms with van der Waals surface area (Å²) in [5.41, 5.74) is 0.352. The van der Waals surface area contributed by atoms with Crippen molar-refractivity contribution in [2.45, 2.75) is 6.92 Å². The Morgan fingerprint density at radius 2 is 1.95 bits per heavy atom. The molecule has 0 aliphatic rings. The molecular formula is C13H17BrFN3O2. The summed E-state index contributed by atoms with van der Waals surface area (Å²) in [5.74, 6) is -0.776. The summed E-state index contributed by atoms with van der Waals surface area (Å²) in [4.78, 5) is 23.8. The van der Waals surface area contributed by atoms with Crippen molar-refractivity contribution in [3.05, 3.63) is 28.5 Å². The second kappa shape index (κ2) is 7.84. The summed E-state index contributed by atoms with van der Waals surface area (Å²) >= 11 is 3.18. The highest BCUT2D eigenvalue weighted by molar-refractivity contribution is 9.10. The van der Waals surface area contributed by atoms with E-state index < -0.39 is 5.82 Å². The molecule has 0 bridgehead atoms. The number of halogens is 2. The smallest absolute Gasteiger partial charge is 0.239 e. The third kappa shape index (κ3) is 5.56. The highest BCUT2D eigenvalue weighted by Gasteiger charge is 2.11.